The molecule has 0 radical (unpaired) electrons. The smallest absolute Gasteiger partial charge is 0.131 e. The number of alkyl halides is 1. The highest BCUT2D eigenvalue weighted by Crippen LogP contribution is 2.21. The van der Waals surface area contributed by atoms with E-state index >= 15 is 0 Å². The number of rotatable bonds is 5. The second kappa shape index (κ2) is 6.04. The van der Waals surface area contributed by atoms with Gasteiger partial charge < -0.3 is 4.90 Å². The Morgan fingerprint density at radius 3 is 2.38 bits per heavy atom. The number of hydrogen-bond donors (Lipinski definition) is 0. The first kappa shape index (κ1) is 13.2. The van der Waals surface area contributed by atoms with Crippen molar-refractivity contribution in [2.24, 2.45) is 0 Å². The molecule has 1 heterocycles. The Hall–Kier alpha value is -0.830. The fraction of sp³-hybridized carbons (Fsp3) is 0.667. The molecule has 0 fully saturated rings. The first-order chi connectivity index (χ1) is 7.63. The summed E-state index contributed by atoms with van der Waals surface area (Å²) in [6.45, 7) is 10.3. The molecule has 1 aromatic heterocycles. The van der Waals surface area contributed by atoms with Crippen LogP contribution < -0.4 is 4.90 Å². The van der Waals surface area contributed by atoms with E-state index in [-0.39, 0.29) is 0 Å². The average Bonchev–Trinajstić information content (AvgIpc) is 2.30. The van der Waals surface area contributed by atoms with Crippen molar-refractivity contribution in [2.75, 3.05) is 18.0 Å². The fourth-order valence-electron chi connectivity index (χ4n) is 1.63. The van der Waals surface area contributed by atoms with E-state index in [4.69, 9.17) is 11.6 Å². The summed E-state index contributed by atoms with van der Waals surface area (Å²) in [5, 5.41) is 0. The van der Waals surface area contributed by atoms with Crippen LogP contribution in [0.1, 0.15) is 45.1 Å². The molecule has 90 valence electrons. The van der Waals surface area contributed by atoms with Gasteiger partial charge in [0.1, 0.15) is 5.82 Å². The molecular weight excluding hydrogens is 222 g/mol. The minimum atomic E-state index is 0.340. The van der Waals surface area contributed by atoms with Crippen LogP contribution in [-0.2, 0) is 5.88 Å². The number of halogens is 1. The van der Waals surface area contributed by atoms with Gasteiger partial charge in [-0.2, -0.15) is 0 Å². The molecule has 3 nitrogen and oxygen atoms in total. The molecule has 1 rings (SSSR count). The van der Waals surface area contributed by atoms with Gasteiger partial charge in [-0.15, -0.1) is 11.6 Å². The topological polar surface area (TPSA) is 29.0 Å². The van der Waals surface area contributed by atoms with Gasteiger partial charge in [0.25, 0.3) is 0 Å². The van der Waals surface area contributed by atoms with Gasteiger partial charge in [0.05, 0.1) is 23.5 Å². The molecule has 1 aromatic rings. The van der Waals surface area contributed by atoms with Crippen molar-refractivity contribution < 1.29 is 0 Å². The molecule has 0 aliphatic carbocycles. The molecule has 0 amide bonds. The summed E-state index contributed by atoms with van der Waals surface area (Å²) in [7, 11) is 0. The number of anilines is 1. The highest BCUT2D eigenvalue weighted by Gasteiger charge is 2.12. The van der Waals surface area contributed by atoms with Crippen LogP contribution in [0.25, 0.3) is 0 Å². The molecule has 0 saturated heterocycles. The zero-order chi connectivity index (χ0) is 12.1. The van der Waals surface area contributed by atoms with Crippen molar-refractivity contribution in [1.29, 1.82) is 0 Å². The maximum absolute atomic E-state index is 5.95. The van der Waals surface area contributed by atoms with E-state index in [2.05, 4.69) is 42.6 Å². The van der Waals surface area contributed by atoms with Crippen LogP contribution in [0, 0.1) is 0 Å². The maximum atomic E-state index is 5.95. The number of aromatic nitrogens is 2. The minimum Gasteiger partial charge on any atom is -0.369 e. The van der Waals surface area contributed by atoms with E-state index in [0.29, 0.717) is 11.8 Å². The lowest BCUT2D eigenvalue weighted by Crippen LogP contribution is -2.24. The quantitative estimate of drug-likeness (QED) is 0.742. The lowest BCUT2D eigenvalue weighted by atomic mass is 10.2. The lowest BCUT2D eigenvalue weighted by Gasteiger charge is -2.23. The van der Waals surface area contributed by atoms with E-state index in [9.17, 15) is 0 Å². The average molecular weight is 242 g/mol. The van der Waals surface area contributed by atoms with Crippen molar-refractivity contribution in [1.82, 2.24) is 9.97 Å². The Bertz CT molecular complexity index is 335. The van der Waals surface area contributed by atoms with Crippen LogP contribution in [0.4, 0.5) is 5.69 Å². The molecule has 0 spiro atoms. The zero-order valence-corrected chi connectivity index (χ0v) is 11.3. The third-order valence-corrected chi connectivity index (χ3v) is 2.86. The van der Waals surface area contributed by atoms with Gasteiger partial charge in [0.15, 0.2) is 0 Å². The standard InChI is InChI=1S/C12H20ClN3/c1-5-16(6-2)11-8-14-12(9(3)4)15-10(11)7-13/h8-9H,5-7H2,1-4H3. The van der Waals surface area contributed by atoms with E-state index in [1.165, 1.54) is 0 Å². The van der Waals surface area contributed by atoms with E-state index in [0.717, 1.165) is 30.3 Å². The third-order valence-electron chi connectivity index (χ3n) is 2.61. The SMILES string of the molecule is CCN(CC)c1cnc(C(C)C)nc1CCl. The molecule has 0 saturated carbocycles. The van der Waals surface area contributed by atoms with Crippen LogP contribution in [-0.4, -0.2) is 23.1 Å². The van der Waals surface area contributed by atoms with Gasteiger partial charge in [-0.25, -0.2) is 9.97 Å². The van der Waals surface area contributed by atoms with Crippen LogP contribution >= 0.6 is 11.6 Å². The summed E-state index contributed by atoms with van der Waals surface area (Å²) in [5.41, 5.74) is 1.99. The van der Waals surface area contributed by atoms with Crippen molar-refractivity contribution >= 4 is 17.3 Å². The van der Waals surface area contributed by atoms with Gasteiger partial charge in [-0.05, 0) is 13.8 Å². The van der Waals surface area contributed by atoms with Crippen LogP contribution in [0.2, 0.25) is 0 Å². The van der Waals surface area contributed by atoms with Gasteiger partial charge in [-0.3, -0.25) is 0 Å². The van der Waals surface area contributed by atoms with Crippen LogP contribution in [0.5, 0.6) is 0 Å². The molecule has 0 aliphatic rings. The summed E-state index contributed by atoms with van der Waals surface area (Å²) >= 11 is 5.95. The van der Waals surface area contributed by atoms with Crippen molar-refractivity contribution in [2.45, 2.75) is 39.5 Å². The predicted octanol–water partition coefficient (Wildman–Crippen LogP) is 3.19. The van der Waals surface area contributed by atoms with Gasteiger partial charge in [0, 0.05) is 19.0 Å². The molecule has 16 heavy (non-hydrogen) atoms. The second-order valence-electron chi connectivity index (χ2n) is 4.02. The monoisotopic (exact) mass is 241 g/mol. The summed E-state index contributed by atoms with van der Waals surface area (Å²) in [6.07, 6.45) is 1.90. The zero-order valence-electron chi connectivity index (χ0n) is 10.5. The molecule has 0 N–H and O–H groups in total. The van der Waals surface area contributed by atoms with Crippen molar-refractivity contribution in [3.05, 3.63) is 17.7 Å². The first-order valence-corrected chi connectivity index (χ1v) is 6.34. The molecule has 0 unspecified atom stereocenters. The normalized spacial score (nSPS) is 10.9. The molecule has 0 aliphatic heterocycles. The summed E-state index contributed by atoms with van der Waals surface area (Å²) < 4.78 is 0. The summed E-state index contributed by atoms with van der Waals surface area (Å²) in [5.74, 6) is 1.65. The largest absolute Gasteiger partial charge is 0.369 e. The Labute approximate surface area is 103 Å². The maximum Gasteiger partial charge on any atom is 0.131 e. The summed E-state index contributed by atoms with van der Waals surface area (Å²) in [6, 6.07) is 0. The highest BCUT2D eigenvalue weighted by molar-refractivity contribution is 6.17. The Balaban J connectivity index is 3.10. The Kier molecular flexibility index (Phi) is 5.00. The molecule has 0 atom stereocenters. The third kappa shape index (κ3) is 2.85. The van der Waals surface area contributed by atoms with E-state index < -0.39 is 0 Å². The second-order valence-corrected chi connectivity index (χ2v) is 4.29. The molecular formula is C12H20ClN3. The summed E-state index contributed by atoms with van der Waals surface area (Å²) in [4.78, 5) is 11.1. The fourth-order valence-corrected chi connectivity index (χ4v) is 1.83. The van der Waals surface area contributed by atoms with Crippen LogP contribution in [0.3, 0.4) is 0 Å². The van der Waals surface area contributed by atoms with Gasteiger partial charge >= 0.3 is 0 Å². The van der Waals surface area contributed by atoms with E-state index in [1.54, 1.807) is 0 Å². The number of nitrogens with zero attached hydrogens (tertiary/aromatic N) is 3. The van der Waals surface area contributed by atoms with Crippen molar-refractivity contribution in [3.63, 3.8) is 0 Å². The Morgan fingerprint density at radius 1 is 1.31 bits per heavy atom. The first-order valence-electron chi connectivity index (χ1n) is 5.80. The lowest BCUT2D eigenvalue weighted by molar-refractivity contribution is 0.754. The molecule has 4 heteroatoms. The minimum absolute atomic E-state index is 0.340. The predicted molar refractivity (Wildman–Crippen MR) is 69.2 cm³/mol. The van der Waals surface area contributed by atoms with Crippen molar-refractivity contribution in [3.8, 4) is 0 Å². The van der Waals surface area contributed by atoms with Gasteiger partial charge in [0.2, 0.25) is 0 Å². The Morgan fingerprint density at radius 2 is 1.94 bits per heavy atom. The van der Waals surface area contributed by atoms with Gasteiger partial charge in [-0.1, -0.05) is 13.8 Å². The molecule has 0 bridgehead atoms. The van der Waals surface area contributed by atoms with E-state index in [1.807, 2.05) is 6.20 Å². The van der Waals surface area contributed by atoms with Crippen LogP contribution in [0.15, 0.2) is 6.20 Å². The molecule has 0 aromatic carbocycles. The number of hydrogen-bond acceptors (Lipinski definition) is 3. The highest BCUT2D eigenvalue weighted by atomic mass is 35.5.